The molecule has 0 unspecified atom stereocenters. The Balaban J connectivity index is 1.77. The van der Waals surface area contributed by atoms with Crippen molar-refractivity contribution in [2.75, 3.05) is 13.6 Å². The number of rotatable bonds is 4. The summed E-state index contributed by atoms with van der Waals surface area (Å²) in [5.41, 5.74) is 1.81. The van der Waals surface area contributed by atoms with Gasteiger partial charge in [-0.25, -0.2) is 0 Å². The normalized spacial score (nSPS) is 20.5. The standard InChI is InChI=1S/C18H20BClN2O3/c1-22-10-9-16(17(22)12-5-7-15(20)8-6-12)21-18(23)13-3-2-4-14(11-13)19(24)25/h2-8,11,16-17,24-25H,9-10H2,1H3,(H,21,23)/t16-,17+/m1/s1. The molecule has 0 radical (unpaired) electrons. The van der Waals surface area contributed by atoms with Crippen LogP contribution in [0, 0.1) is 0 Å². The van der Waals surface area contributed by atoms with Gasteiger partial charge in [-0.3, -0.25) is 9.69 Å². The Morgan fingerprint density at radius 2 is 1.96 bits per heavy atom. The molecule has 3 rings (SSSR count). The van der Waals surface area contributed by atoms with Crippen LogP contribution in [-0.4, -0.2) is 47.6 Å². The van der Waals surface area contributed by atoms with Crippen LogP contribution in [0.4, 0.5) is 0 Å². The molecule has 1 amide bonds. The first-order chi connectivity index (χ1) is 12.0. The highest BCUT2D eigenvalue weighted by molar-refractivity contribution is 6.58. The van der Waals surface area contributed by atoms with E-state index >= 15 is 0 Å². The number of amides is 1. The third-order valence-electron chi connectivity index (χ3n) is 4.62. The van der Waals surface area contributed by atoms with Gasteiger partial charge in [-0.05, 0) is 48.8 Å². The van der Waals surface area contributed by atoms with Gasteiger partial charge in [0.2, 0.25) is 0 Å². The average Bonchev–Trinajstić information content (AvgIpc) is 2.96. The van der Waals surface area contributed by atoms with Crippen molar-refractivity contribution in [3.63, 3.8) is 0 Å². The monoisotopic (exact) mass is 358 g/mol. The summed E-state index contributed by atoms with van der Waals surface area (Å²) < 4.78 is 0. The van der Waals surface area contributed by atoms with Crippen LogP contribution in [0.25, 0.3) is 0 Å². The van der Waals surface area contributed by atoms with E-state index in [1.165, 1.54) is 6.07 Å². The van der Waals surface area contributed by atoms with Crippen LogP contribution < -0.4 is 10.8 Å². The third kappa shape index (κ3) is 4.04. The SMILES string of the molecule is CN1CC[C@@H](NC(=O)c2cccc(B(O)O)c2)[C@@H]1c1ccc(Cl)cc1. The molecule has 1 saturated heterocycles. The van der Waals surface area contributed by atoms with E-state index in [-0.39, 0.29) is 18.0 Å². The minimum atomic E-state index is -1.59. The molecule has 0 aromatic heterocycles. The van der Waals surface area contributed by atoms with Crippen LogP contribution in [0.3, 0.4) is 0 Å². The van der Waals surface area contributed by atoms with Crippen molar-refractivity contribution >= 4 is 30.1 Å². The molecule has 0 saturated carbocycles. The topological polar surface area (TPSA) is 72.8 Å². The highest BCUT2D eigenvalue weighted by Crippen LogP contribution is 2.31. The number of nitrogens with zero attached hydrogens (tertiary/aromatic N) is 1. The van der Waals surface area contributed by atoms with Gasteiger partial charge in [0.25, 0.3) is 5.91 Å². The lowest BCUT2D eigenvalue weighted by molar-refractivity contribution is 0.0927. The van der Waals surface area contributed by atoms with Crippen LogP contribution in [0.1, 0.15) is 28.4 Å². The van der Waals surface area contributed by atoms with Gasteiger partial charge in [0, 0.05) is 17.1 Å². The summed E-state index contributed by atoms with van der Waals surface area (Å²) >= 11 is 5.97. The lowest BCUT2D eigenvalue weighted by atomic mass is 9.79. The molecule has 130 valence electrons. The minimum absolute atomic E-state index is 0.0265. The van der Waals surface area contributed by atoms with E-state index < -0.39 is 7.12 Å². The van der Waals surface area contributed by atoms with Crippen molar-refractivity contribution in [3.05, 3.63) is 64.7 Å². The van der Waals surface area contributed by atoms with Crippen LogP contribution in [0.2, 0.25) is 5.02 Å². The van der Waals surface area contributed by atoms with Crippen molar-refractivity contribution in [2.45, 2.75) is 18.5 Å². The summed E-state index contributed by atoms with van der Waals surface area (Å²) in [6, 6.07) is 14.1. The number of halogens is 1. The van der Waals surface area contributed by atoms with Gasteiger partial charge >= 0.3 is 7.12 Å². The zero-order chi connectivity index (χ0) is 18.0. The molecular formula is C18H20BClN2O3. The third-order valence-corrected chi connectivity index (χ3v) is 4.88. The highest BCUT2D eigenvalue weighted by atomic mass is 35.5. The Morgan fingerprint density at radius 1 is 1.24 bits per heavy atom. The van der Waals surface area contributed by atoms with Crippen LogP contribution >= 0.6 is 11.6 Å². The molecule has 2 aromatic rings. The van der Waals surface area contributed by atoms with E-state index in [4.69, 9.17) is 11.6 Å². The van der Waals surface area contributed by atoms with Gasteiger partial charge in [0.05, 0.1) is 12.1 Å². The molecule has 25 heavy (non-hydrogen) atoms. The van der Waals surface area contributed by atoms with Gasteiger partial charge < -0.3 is 15.4 Å². The largest absolute Gasteiger partial charge is 0.488 e. The lowest BCUT2D eigenvalue weighted by Crippen LogP contribution is -2.39. The van der Waals surface area contributed by atoms with Crippen LogP contribution in [0.5, 0.6) is 0 Å². The summed E-state index contributed by atoms with van der Waals surface area (Å²) in [7, 11) is 0.445. The molecule has 1 aliphatic rings. The first-order valence-corrected chi connectivity index (χ1v) is 8.56. The minimum Gasteiger partial charge on any atom is -0.423 e. The number of hydrogen-bond acceptors (Lipinski definition) is 4. The van der Waals surface area contributed by atoms with Gasteiger partial charge in [-0.1, -0.05) is 35.9 Å². The van der Waals surface area contributed by atoms with E-state index in [9.17, 15) is 14.8 Å². The van der Waals surface area contributed by atoms with Crippen molar-refractivity contribution in [3.8, 4) is 0 Å². The smallest absolute Gasteiger partial charge is 0.423 e. The van der Waals surface area contributed by atoms with Gasteiger partial charge in [-0.15, -0.1) is 0 Å². The highest BCUT2D eigenvalue weighted by Gasteiger charge is 2.34. The van der Waals surface area contributed by atoms with Crippen molar-refractivity contribution in [1.82, 2.24) is 10.2 Å². The van der Waals surface area contributed by atoms with E-state index in [1.807, 2.05) is 31.3 Å². The Hall–Kier alpha value is -1.86. The van der Waals surface area contributed by atoms with E-state index in [2.05, 4.69) is 10.2 Å². The molecule has 2 atom stereocenters. The molecule has 7 heteroatoms. The summed E-state index contributed by atoms with van der Waals surface area (Å²) in [6.45, 7) is 0.883. The summed E-state index contributed by atoms with van der Waals surface area (Å²) in [5.74, 6) is -0.221. The number of hydrogen-bond donors (Lipinski definition) is 3. The fourth-order valence-electron chi connectivity index (χ4n) is 3.34. The molecule has 3 N–H and O–H groups in total. The molecule has 1 fully saturated rings. The Labute approximate surface area is 152 Å². The lowest BCUT2D eigenvalue weighted by Gasteiger charge is -2.26. The molecule has 0 aliphatic carbocycles. The average molecular weight is 359 g/mol. The zero-order valence-corrected chi connectivity index (χ0v) is 14.6. The fourth-order valence-corrected chi connectivity index (χ4v) is 3.46. The second kappa shape index (κ2) is 7.58. The molecule has 0 spiro atoms. The fraction of sp³-hybridized carbons (Fsp3) is 0.278. The molecule has 1 heterocycles. The Morgan fingerprint density at radius 3 is 2.64 bits per heavy atom. The summed E-state index contributed by atoms with van der Waals surface area (Å²) in [4.78, 5) is 14.8. The summed E-state index contributed by atoms with van der Waals surface area (Å²) in [6.07, 6.45) is 0.845. The van der Waals surface area contributed by atoms with Gasteiger partial charge in [-0.2, -0.15) is 0 Å². The van der Waals surface area contributed by atoms with E-state index in [1.54, 1.807) is 18.2 Å². The van der Waals surface area contributed by atoms with Crippen LogP contribution in [0.15, 0.2) is 48.5 Å². The number of carbonyl (C=O) groups is 1. The number of likely N-dealkylation sites (tertiary alicyclic amines) is 1. The molecule has 2 aromatic carbocycles. The number of benzene rings is 2. The maximum absolute atomic E-state index is 12.6. The number of likely N-dealkylation sites (N-methyl/N-ethyl adjacent to an activating group) is 1. The predicted molar refractivity (Wildman–Crippen MR) is 99.0 cm³/mol. The van der Waals surface area contributed by atoms with Gasteiger partial charge in [0.15, 0.2) is 0 Å². The van der Waals surface area contributed by atoms with Crippen molar-refractivity contribution in [2.24, 2.45) is 0 Å². The quantitative estimate of drug-likeness (QED) is 0.718. The first-order valence-electron chi connectivity index (χ1n) is 8.18. The second-order valence-corrected chi connectivity index (χ2v) is 6.78. The Bertz CT molecular complexity index is 754. The summed E-state index contributed by atoms with van der Waals surface area (Å²) in [5, 5.41) is 22.3. The van der Waals surface area contributed by atoms with E-state index in [0.717, 1.165) is 18.5 Å². The maximum atomic E-state index is 12.6. The van der Waals surface area contributed by atoms with Gasteiger partial charge in [0.1, 0.15) is 0 Å². The molecular weight excluding hydrogens is 338 g/mol. The number of carbonyl (C=O) groups excluding carboxylic acids is 1. The van der Waals surface area contributed by atoms with E-state index in [0.29, 0.717) is 16.0 Å². The maximum Gasteiger partial charge on any atom is 0.488 e. The first kappa shape index (κ1) is 18.0. The molecule has 0 bridgehead atoms. The van der Waals surface area contributed by atoms with Crippen molar-refractivity contribution in [1.29, 1.82) is 0 Å². The number of nitrogens with one attached hydrogen (secondary N) is 1. The zero-order valence-electron chi connectivity index (χ0n) is 13.9. The van der Waals surface area contributed by atoms with Crippen LogP contribution in [-0.2, 0) is 0 Å². The predicted octanol–water partition coefficient (Wildman–Crippen LogP) is 1.19. The Kier molecular flexibility index (Phi) is 5.44. The van der Waals surface area contributed by atoms with Crippen molar-refractivity contribution < 1.29 is 14.8 Å². The molecule has 5 nitrogen and oxygen atoms in total. The second-order valence-electron chi connectivity index (χ2n) is 6.34. The molecule has 1 aliphatic heterocycles.